The second-order valence-corrected chi connectivity index (χ2v) is 7.80. The zero-order valence-corrected chi connectivity index (χ0v) is 17.5. The molecule has 1 unspecified atom stereocenters. The molecule has 1 aliphatic heterocycles. The number of carboxylic acids is 2. The van der Waals surface area contributed by atoms with Crippen LogP contribution in [-0.2, 0) is 16.0 Å². The van der Waals surface area contributed by atoms with Crippen molar-refractivity contribution >= 4 is 29.6 Å². The second kappa shape index (κ2) is 9.50. The van der Waals surface area contributed by atoms with E-state index >= 15 is 0 Å². The normalized spacial score (nSPS) is 15.8. The molecule has 11 heteroatoms. The summed E-state index contributed by atoms with van der Waals surface area (Å²) in [4.78, 5) is 55.2. The standard InChI is InChI=1S/C21H25N5O6/c1-26-10-13(16-17(26)24-21(22)25-19(16)30)7-4-11-2-5-12(6-3-11)18(29)23-14(20(31)32)8-9-15(27)28/h2-3,5-6,13-14H,4,7-10H2,1H3,(H,23,29)(H,27,28)(H,31,32)(H3,22,24,25,30)/t13?,14-/m1/s1. The van der Waals surface area contributed by atoms with Crippen LogP contribution >= 0.6 is 0 Å². The Morgan fingerprint density at radius 2 is 1.97 bits per heavy atom. The molecule has 0 saturated heterocycles. The smallest absolute Gasteiger partial charge is 0.326 e. The third-order valence-corrected chi connectivity index (χ3v) is 5.47. The van der Waals surface area contributed by atoms with Crippen LogP contribution in [0.25, 0.3) is 0 Å². The Hall–Kier alpha value is -3.89. The number of carboxylic acid groups (broad SMARTS) is 2. The number of anilines is 2. The molecule has 3 rings (SSSR count). The summed E-state index contributed by atoms with van der Waals surface area (Å²) in [5, 5.41) is 20.2. The Balaban J connectivity index is 1.61. The average molecular weight is 443 g/mol. The van der Waals surface area contributed by atoms with Crippen molar-refractivity contribution in [2.75, 3.05) is 24.2 Å². The van der Waals surface area contributed by atoms with Gasteiger partial charge in [0, 0.05) is 31.5 Å². The minimum absolute atomic E-state index is 0.000357. The molecule has 1 aliphatic rings. The van der Waals surface area contributed by atoms with Crippen molar-refractivity contribution in [1.29, 1.82) is 0 Å². The molecule has 0 aliphatic carbocycles. The summed E-state index contributed by atoms with van der Waals surface area (Å²) >= 11 is 0. The maximum Gasteiger partial charge on any atom is 0.326 e. The summed E-state index contributed by atoms with van der Waals surface area (Å²) in [6, 6.07) is 5.44. The monoisotopic (exact) mass is 443 g/mol. The van der Waals surface area contributed by atoms with Crippen LogP contribution in [0.4, 0.5) is 11.8 Å². The van der Waals surface area contributed by atoms with Gasteiger partial charge in [-0.3, -0.25) is 19.4 Å². The molecule has 32 heavy (non-hydrogen) atoms. The van der Waals surface area contributed by atoms with Gasteiger partial charge < -0.3 is 26.2 Å². The maximum atomic E-state index is 12.3. The topological polar surface area (TPSA) is 179 Å². The lowest BCUT2D eigenvalue weighted by Gasteiger charge is -2.14. The van der Waals surface area contributed by atoms with Gasteiger partial charge in [0.15, 0.2) is 0 Å². The highest BCUT2D eigenvalue weighted by Gasteiger charge is 2.31. The number of carbonyl (C=O) groups excluding carboxylic acids is 1. The molecule has 11 nitrogen and oxygen atoms in total. The van der Waals surface area contributed by atoms with Crippen molar-refractivity contribution in [1.82, 2.24) is 15.3 Å². The summed E-state index contributed by atoms with van der Waals surface area (Å²) in [7, 11) is 1.86. The van der Waals surface area contributed by atoms with Crippen LogP contribution in [0.2, 0.25) is 0 Å². The summed E-state index contributed by atoms with van der Waals surface area (Å²) in [6.45, 7) is 0.655. The van der Waals surface area contributed by atoms with E-state index in [4.69, 9.17) is 10.8 Å². The minimum Gasteiger partial charge on any atom is -0.481 e. The van der Waals surface area contributed by atoms with Gasteiger partial charge in [-0.25, -0.2) is 4.79 Å². The van der Waals surface area contributed by atoms with Gasteiger partial charge in [-0.1, -0.05) is 12.1 Å². The van der Waals surface area contributed by atoms with Gasteiger partial charge in [-0.15, -0.1) is 0 Å². The first kappa shape index (κ1) is 22.8. The number of nitrogens with one attached hydrogen (secondary N) is 2. The van der Waals surface area contributed by atoms with Crippen LogP contribution in [0.5, 0.6) is 0 Å². The zero-order valence-electron chi connectivity index (χ0n) is 17.5. The Labute approximate surface area is 183 Å². The molecule has 2 heterocycles. The van der Waals surface area contributed by atoms with Gasteiger partial charge in [0.1, 0.15) is 11.9 Å². The lowest BCUT2D eigenvalue weighted by Crippen LogP contribution is -2.41. The molecule has 0 radical (unpaired) electrons. The van der Waals surface area contributed by atoms with Gasteiger partial charge in [-0.05, 0) is 37.0 Å². The van der Waals surface area contributed by atoms with E-state index in [9.17, 15) is 24.3 Å². The highest BCUT2D eigenvalue weighted by atomic mass is 16.4. The fourth-order valence-corrected chi connectivity index (χ4v) is 3.82. The van der Waals surface area contributed by atoms with E-state index in [0.717, 1.165) is 5.56 Å². The summed E-state index contributed by atoms with van der Waals surface area (Å²) in [5.74, 6) is -2.32. The first-order chi connectivity index (χ1) is 15.2. The molecule has 6 N–H and O–H groups in total. The fourth-order valence-electron chi connectivity index (χ4n) is 3.82. The molecular weight excluding hydrogens is 418 g/mol. The number of H-pyrrole nitrogens is 1. The van der Waals surface area contributed by atoms with Gasteiger partial charge in [0.2, 0.25) is 5.95 Å². The summed E-state index contributed by atoms with van der Waals surface area (Å²) in [5.41, 5.74) is 7.26. The Kier molecular flexibility index (Phi) is 6.76. The van der Waals surface area contributed by atoms with Crippen LogP contribution < -0.4 is 21.5 Å². The minimum atomic E-state index is -1.29. The van der Waals surface area contributed by atoms with E-state index in [1.165, 1.54) is 0 Å². The number of carbonyl (C=O) groups is 3. The number of fused-ring (bicyclic) bond motifs is 1. The van der Waals surface area contributed by atoms with Crippen LogP contribution in [0.1, 0.15) is 46.7 Å². The number of benzene rings is 1. The SMILES string of the molecule is CN1CC(CCc2ccc(C(=O)N[C@H](CCC(=O)O)C(=O)O)cc2)c2c1nc(N)[nH]c2=O. The predicted molar refractivity (Wildman–Crippen MR) is 116 cm³/mol. The summed E-state index contributed by atoms with van der Waals surface area (Å²) in [6.07, 6.45) is 0.805. The van der Waals surface area contributed by atoms with E-state index < -0.39 is 23.9 Å². The van der Waals surface area contributed by atoms with Crippen molar-refractivity contribution in [3.63, 3.8) is 0 Å². The van der Waals surface area contributed by atoms with E-state index in [0.29, 0.717) is 30.8 Å². The Bertz CT molecular complexity index is 1080. The number of aryl methyl sites for hydroxylation is 1. The van der Waals surface area contributed by atoms with E-state index in [1.807, 2.05) is 11.9 Å². The molecule has 170 valence electrons. The van der Waals surface area contributed by atoms with Crippen molar-refractivity contribution in [2.24, 2.45) is 0 Å². The average Bonchev–Trinajstić information content (AvgIpc) is 3.05. The number of aliphatic carboxylic acids is 2. The number of likely N-dealkylation sites (N-methyl/N-ethyl adjacent to an activating group) is 1. The molecule has 1 aromatic heterocycles. The molecule has 2 aromatic rings. The number of nitrogens with two attached hydrogens (primary N) is 1. The fraction of sp³-hybridized carbons (Fsp3) is 0.381. The third kappa shape index (κ3) is 5.23. The quantitative estimate of drug-likeness (QED) is 0.370. The molecule has 1 aromatic carbocycles. The number of hydrogen-bond acceptors (Lipinski definition) is 7. The second-order valence-electron chi connectivity index (χ2n) is 7.80. The van der Waals surface area contributed by atoms with E-state index in [-0.39, 0.29) is 35.8 Å². The number of rotatable bonds is 9. The van der Waals surface area contributed by atoms with Crippen LogP contribution in [0.3, 0.4) is 0 Å². The molecule has 2 atom stereocenters. The van der Waals surface area contributed by atoms with Crippen molar-refractivity contribution < 1.29 is 24.6 Å². The largest absolute Gasteiger partial charge is 0.481 e. The third-order valence-electron chi connectivity index (χ3n) is 5.47. The van der Waals surface area contributed by atoms with Gasteiger partial charge in [0.05, 0.1) is 5.56 Å². The van der Waals surface area contributed by atoms with Gasteiger partial charge in [0.25, 0.3) is 11.5 Å². The molecule has 0 fully saturated rings. The van der Waals surface area contributed by atoms with E-state index in [2.05, 4.69) is 15.3 Å². The van der Waals surface area contributed by atoms with Crippen LogP contribution in [0.15, 0.2) is 29.1 Å². The summed E-state index contributed by atoms with van der Waals surface area (Å²) < 4.78 is 0. The molecule has 0 saturated carbocycles. The van der Waals surface area contributed by atoms with Crippen molar-refractivity contribution in [2.45, 2.75) is 37.6 Å². The predicted octanol–water partition coefficient (Wildman–Crippen LogP) is 0.566. The molecule has 0 bridgehead atoms. The number of nitrogens with zero attached hydrogens (tertiary/aromatic N) is 2. The Morgan fingerprint density at radius 1 is 1.28 bits per heavy atom. The molecule has 0 spiro atoms. The highest BCUT2D eigenvalue weighted by molar-refractivity contribution is 5.96. The lowest BCUT2D eigenvalue weighted by molar-refractivity contribution is -0.140. The van der Waals surface area contributed by atoms with Gasteiger partial charge in [-0.2, -0.15) is 4.98 Å². The van der Waals surface area contributed by atoms with Crippen molar-refractivity contribution in [3.8, 4) is 0 Å². The molecular formula is C21H25N5O6. The Morgan fingerprint density at radius 3 is 2.59 bits per heavy atom. The number of amides is 1. The maximum absolute atomic E-state index is 12.3. The number of aromatic nitrogens is 2. The lowest BCUT2D eigenvalue weighted by atomic mass is 9.95. The number of nitrogen functional groups attached to an aromatic ring is 1. The van der Waals surface area contributed by atoms with E-state index in [1.54, 1.807) is 24.3 Å². The van der Waals surface area contributed by atoms with Crippen LogP contribution in [0, 0.1) is 0 Å². The number of hydrogen-bond donors (Lipinski definition) is 5. The first-order valence-electron chi connectivity index (χ1n) is 10.1. The number of aromatic amines is 1. The van der Waals surface area contributed by atoms with Crippen LogP contribution in [-0.4, -0.2) is 57.7 Å². The van der Waals surface area contributed by atoms with Crippen molar-refractivity contribution in [3.05, 3.63) is 51.3 Å². The zero-order chi connectivity index (χ0) is 23.4. The highest BCUT2D eigenvalue weighted by Crippen LogP contribution is 2.34. The van der Waals surface area contributed by atoms with Gasteiger partial charge >= 0.3 is 11.9 Å². The first-order valence-corrected chi connectivity index (χ1v) is 10.1. The molecule has 1 amide bonds.